The molecular weight excluding hydrogens is 512 g/mol. The average Bonchev–Trinajstić information content (AvgIpc) is 3.42. The maximum absolute atomic E-state index is 12.8. The number of carbonyl (C=O) groups is 2. The van der Waals surface area contributed by atoms with Gasteiger partial charge in [-0.1, -0.05) is 57.2 Å². The van der Waals surface area contributed by atoms with Crippen molar-refractivity contribution in [1.29, 1.82) is 0 Å². The smallest absolute Gasteiger partial charge is 0.311 e. The van der Waals surface area contributed by atoms with Crippen molar-refractivity contribution in [2.24, 2.45) is 0 Å². The average molecular weight is 543 g/mol. The number of amides is 2. The molecule has 1 atom stereocenters. The standard InChI is InChI=1S/C30H30N4O6/c1-18(31-23-12-10-22(11-13-23)30(2,3)4)19-5-7-20(8-6-19)24-15-16-40-27(24)29(37)33-32-28(36)21-9-14-26(35)25(17-21)34(38)39/h5-18,31,35H,1-4H3,(H,32,36)(H,33,37). The molecule has 1 heterocycles. The van der Waals surface area contributed by atoms with Crippen molar-refractivity contribution in [2.75, 3.05) is 5.32 Å². The maximum Gasteiger partial charge on any atom is 0.311 e. The molecule has 206 valence electrons. The number of furan rings is 1. The summed E-state index contributed by atoms with van der Waals surface area (Å²) in [5.74, 6) is -2.10. The molecule has 0 spiro atoms. The van der Waals surface area contributed by atoms with E-state index in [-0.39, 0.29) is 22.8 Å². The third-order valence-electron chi connectivity index (χ3n) is 6.45. The minimum absolute atomic E-state index is 0.0187. The first-order valence-corrected chi connectivity index (χ1v) is 12.6. The van der Waals surface area contributed by atoms with Gasteiger partial charge in [0.2, 0.25) is 5.76 Å². The highest BCUT2D eigenvalue weighted by molar-refractivity contribution is 6.01. The lowest BCUT2D eigenvalue weighted by Crippen LogP contribution is -2.41. The number of carbonyl (C=O) groups excluding carboxylic acids is 2. The number of hydrazine groups is 1. The molecule has 0 aliphatic heterocycles. The second-order valence-corrected chi connectivity index (χ2v) is 10.3. The number of aromatic hydroxyl groups is 1. The summed E-state index contributed by atoms with van der Waals surface area (Å²) < 4.78 is 5.38. The number of nitro groups is 1. The fraction of sp³-hybridized carbons (Fsp3) is 0.200. The zero-order chi connectivity index (χ0) is 29.0. The van der Waals surface area contributed by atoms with Crippen molar-refractivity contribution >= 4 is 23.2 Å². The summed E-state index contributed by atoms with van der Waals surface area (Å²) in [5, 5.41) is 24.1. The molecule has 0 saturated heterocycles. The Balaban J connectivity index is 1.40. The van der Waals surface area contributed by atoms with E-state index in [0.717, 1.165) is 28.9 Å². The summed E-state index contributed by atoms with van der Waals surface area (Å²) in [7, 11) is 0. The van der Waals surface area contributed by atoms with Crippen LogP contribution in [0.2, 0.25) is 0 Å². The minimum Gasteiger partial charge on any atom is -0.502 e. The van der Waals surface area contributed by atoms with Gasteiger partial charge in [-0.2, -0.15) is 0 Å². The Morgan fingerprint density at radius 2 is 1.57 bits per heavy atom. The first-order valence-electron chi connectivity index (χ1n) is 12.6. The van der Waals surface area contributed by atoms with Crippen LogP contribution in [0.1, 0.15) is 65.8 Å². The number of hydrogen-bond acceptors (Lipinski definition) is 7. The van der Waals surface area contributed by atoms with Crippen LogP contribution in [0.4, 0.5) is 11.4 Å². The molecular formula is C30H30N4O6. The van der Waals surface area contributed by atoms with E-state index < -0.39 is 28.2 Å². The number of nitrogens with one attached hydrogen (secondary N) is 3. The lowest BCUT2D eigenvalue weighted by Gasteiger charge is -2.21. The zero-order valence-electron chi connectivity index (χ0n) is 22.5. The molecule has 3 aromatic carbocycles. The highest BCUT2D eigenvalue weighted by Crippen LogP contribution is 2.29. The molecule has 10 nitrogen and oxygen atoms in total. The van der Waals surface area contributed by atoms with E-state index in [1.807, 2.05) is 24.3 Å². The molecule has 4 aromatic rings. The summed E-state index contributed by atoms with van der Waals surface area (Å²) in [5.41, 5.74) is 8.39. The van der Waals surface area contributed by atoms with Crippen LogP contribution in [-0.2, 0) is 5.41 Å². The van der Waals surface area contributed by atoms with Crippen LogP contribution in [0.15, 0.2) is 83.5 Å². The van der Waals surface area contributed by atoms with Crippen LogP contribution in [-0.4, -0.2) is 21.8 Å². The van der Waals surface area contributed by atoms with Gasteiger partial charge < -0.3 is 14.8 Å². The highest BCUT2D eigenvalue weighted by atomic mass is 16.6. The van der Waals surface area contributed by atoms with E-state index in [1.54, 1.807) is 6.07 Å². The fourth-order valence-corrected chi connectivity index (χ4v) is 4.12. The summed E-state index contributed by atoms with van der Waals surface area (Å²) >= 11 is 0. The van der Waals surface area contributed by atoms with Crippen LogP contribution in [0, 0.1) is 10.1 Å². The number of rotatable bonds is 7. The largest absolute Gasteiger partial charge is 0.502 e. The van der Waals surface area contributed by atoms with E-state index in [4.69, 9.17) is 4.42 Å². The number of phenols is 1. The fourth-order valence-electron chi connectivity index (χ4n) is 4.12. The van der Waals surface area contributed by atoms with Crippen molar-refractivity contribution in [1.82, 2.24) is 10.9 Å². The van der Waals surface area contributed by atoms with E-state index in [1.165, 1.54) is 17.9 Å². The Kier molecular flexibility index (Phi) is 7.90. The number of benzene rings is 3. The van der Waals surface area contributed by atoms with Gasteiger partial charge in [0.1, 0.15) is 0 Å². The first kappa shape index (κ1) is 27.9. The van der Waals surface area contributed by atoms with Crippen LogP contribution >= 0.6 is 0 Å². The topological polar surface area (TPSA) is 147 Å². The van der Waals surface area contributed by atoms with Gasteiger partial charge in [-0.05, 0) is 59.4 Å². The van der Waals surface area contributed by atoms with Gasteiger partial charge in [-0.15, -0.1) is 0 Å². The van der Waals surface area contributed by atoms with E-state index in [0.29, 0.717) is 5.56 Å². The quantitative estimate of drug-likeness (QED) is 0.163. The lowest BCUT2D eigenvalue weighted by atomic mass is 9.87. The van der Waals surface area contributed by atoms with Crippen molar-refractivity contribution in [2.45, 2.75) is 39.2 Å². The molecule has 0 fully saturated rings. The molecule has 1 aromatic heterocycles. The molecule has 0 bridgehead atoms. The molecule has 0 aliphatic carbocycles. The number of phenolic OH excluding ortho intramolecular Hbond substituents is 1. The second-order valence-electron chi connectivity index (χ2n) is 10.3. The predicted octanol–water partition coefficient (Wildman–Crippen LogP) is 6.11. The third-order valence-corrected chi connectivity index (χ3v) is 6.45. The second kappa shape index (κ2) is 11.3. The van der Waals surface area contributed by atoms with Gasteiger partial charge in [0, 0.05) is 28.9 Å². The summed E-state index contributed by atoms with van der Waals surface area (Å²) in [4.78, 5) is 35.3. The van der Waals surface area contributed by atoms with Gasteiger partial charge >= 0.3 is 11.6 Å². The summed E-state index contributed by atoms with van der Waals surface area (Å²) in [6.07, 6.45) is 1.37. The van der Waals surface area contributed by atoms with Crippen LogP contribution in [0.25, 0.3) is 11.1 Å². The molecule has 10 heteroatoms. The van der Waals surface area contributed by atoms with Gasteiger partial charge in [0.05, 0.1) is 11.2 Å². The highest BCUT2D eigenvalue weighted by Gasteiger charge is 2.20. The van der Waals surface area contributed by atoms with E-state index in [2.05, 4.69) is 68.1 Å². The molecule has 40 heavy (non-hydrogen) atoms. The molecule has 4 rings (SSSR count). The Hall–Kier alpha value is -5.12. The molecule has 1 unspecified atom stereocenters. The van der Waals surface area contributed by atoms with Crippen LogP contribution < -0.4 is 16.2 Å². The Bertz CT molecular complexity index is 1540. The lowest BCUT2D eigenvalue weighted by molar-refractivity contribution is -0.385. The Labute approximate surface area is 231 Å². The number of anilines is 1. The van der Waals surface area contributed by atoms with Crippen molar-refractivity contribution in [3.8, 4) is 16.9 Å². The molecule has 4 N–H and O–H groups in total. The monoisotopic (exact) mass is 542 g/mol. The van der Waals surface area contributed by atoms with Crippen molar-refractivity contribution in [3.05, 3.63) is 112 Å². The van der Waals surface area contributed by atoms with Crippen molar-refractivity contribution in [3.63, 3.8) is 0 Å². The van der Waals surface area contributed by atoms with Gasteiger partial charge in [-0.3, -0.25) is 30.6 Å². The zero-order valence-corrected chi connectivity index (χ0v) is 22.5. The summed E-state index contributed by atoms with van der Waals surface area (Å²) in [6, 6.07) is 20.9. The molecule has 0 aliphatic rings. The van der Waals surface area contributed by atoms with Crippen LogP contribution in [0.5, 0.6) is 5.75 Å². The first-order chi connectivity index (χ1) is 18.9. The molecule has 0 saturated carbocycles. The normalized spacial score (nSPS) is 11.9. The maximum atomic E-state index is 12.8. The van der Waals surface area contributed by atoms with Crippen molar-refractivity contribution < 1.29 is 24.0 Å². The number of nitrogens with zero attached hydrogens (tertiary/aromatic N) is 1. The minimum atomic E-state index is -0.813. The third kappa shape index (κ3) is 6.29. The number of nitro benzene ring substituents is 1. The number of hydrogen-bond donors (Lipinski definition) is 4. The summed E-state index contributed by atoms with van der Waals surface area (Å²) in [6.45, 7) is 8.60. The van der Waals surface area contributed by atoms with E-state index in [9.17, 15) is 24.8 Å². The predicted molar refractivity (Wildman–Crippen MR) is 151 cm³/mol. The SMILES string of the molecule is CC(Nc1ccc(C(C)(C)C)cc1)c1ccc(-c2ccoc2C(=O)NNC(=O)c2ccc(O)c([N+](=O)[O-])c2)cc1. The Morgan fingerprint density at radius 1 is 0.925 bits per heavy atom. The Morgan fingerprint density at radius 3 is 2.20 bits per heavy atom. The van der Waals surface area contributed by atoms with Gasteiger partial charge in [0.25, 0.3) is 5.91 Å². The van der Waals surface area contributed by atoms with Gasteiger partial charge in [0.15, 0.2) is 5.75 Å². The van der Waals surface area contributed by atoms with E-state index >= 15 is 0 Å². The molecule has 2 amide bonds. The van der Waals surface area contributed by atoms with Crippen LogP contribution in [0.3, 0.4) is 0 Å². The van der Waals surface area contributed by atoms with Gasteiger partial charge in [-0.25, -0.2) is 0 Å². The molecule has 0 radical (unpaired) electrons.